The van der Waals surface area contributed by atoms with E-state index >= 15 is 0 Å². The average molecular weight is 406 g/mol. The van der Waals surface area contributed by atoms with E-state index in [1.54, 1.807) is 18.2 Å². The number of benzene rings is 1. The molecule has 0 unspecified atom stereocenters. The van der Waals surface area contributed by atoms with E-state index in [1.807, 2.05) is 0 Å². The summed E-state index contributed by atoms with van der Waals surface area (Å²) in [6.07, 6.45) is 4.97. The molecule has 140 valence electrons. The minimum absolute atomic E-state index is 0.210. The Morgan fingerprint density at radius 2 is 2.26 bits per heavy atom. The number of esters is 1. The molecule has 10 heteroatoms. The van der Waals surface area contributed by atoms with Gasteiger partial charge in [0, 0.05) is 13.0 Å². The van der Waals surface area contributed by atoms with Gasteiger partial charge in [-0.3, -0.25) is 14.5 Å². The fourth-order valence-corrected chi connectivity index (χ4v) is 3.77. The molecule has 1 saturated heterocycles. The lowest BCUT2D eigenvalue weighted by Gasteiger charge is -2.13. The van der Waals surface area contributed by atoms with Crippen molar-refractivity contribution in [3.05, 3.63) is 47.1 Å². The van der Waals surface area contributed by atoms with E-state index in [1.165, 1.54) is 35.4 Å². The van der Waals surface area contributed by atoms with Gasteiger partial charge in [0.15, 0.2) is 0 Å². The van der Waals surface area contributed by atoms with Gasteiger partial charge in [0.05, 0.1) is 12.0 Å². The maximum absolute atomic E-state index is 14.3. The van der Waals surface area contributed by atoms with Crippen molar-refractivity contribution in [2.45, 2.75) is 12.8 Å². The van der Waals surface area contributed by atoms with Crippen molar-refractivity contribution in [2.24, 2.45) is 0 Å². The number of methoxy groups -OCH3 is 1. The van der Waals surface area contributed by atoms with E-state index in [9.17, 15) is 14.0 Å². The number of amides is 1. The first-order valence-electron chi connectivity index (χ1n) is 7.96. The highest BCUT2D eigenvalue weighted by Crippen LogP contribution is 2.33. The third-order valence-corrected chi connectivity index (χ3v) is 5.18. The number of ether oxygens (including phenoxy) is 1. The first-order valence-corrected chi connectivity index (χ1v) is 9.19. The summed E-state index contributed by atoms with van der Waals surface area (Å²) in [6.45, 7) is 0.330. The highest BCUT2D eigenvalue weighted by Gasteiger charge is 2.31. The maximum Gasteiger partial charge on any atom is 0.305 e. The summed E-state index contributed by atoms with van der Waals surface area (Å²) in [6, 6.07) is 4.57. The summed E-state index contributed by atoms with van der Waals surface area (Å²) in [5.74, 6) is -1.07. The monoisotopic (exact) mass is 406 g/mol. The van der Waals surface area contributed by atoms with Crippen LogP contribution in [0.4, 0.5) is 4.39 Å². The van der Waals surface area contributed by atoms with E-state index < -0.39 is 5.82 Å². The Morgan fingerprint density at radius 3 is 2.93 bits per heavy atom. The van der Waals surface area contributed by atoms with Crippen LogP contribution in [0.15, 0.2) is 35.8 Å². The van der Waals surface area contributed by atoms with E-state index in [2.05, 4.69) is 14.8 Å². The Kier molecular flexibility index (Phi) is 5.97. The van der Waals surface area contributed by atoms with Crippen LogP contribution < -0.4 is 0 Å². The molecule has 2 aromatic rings. The third kappa shape index (κ3) is 4.40. The quantitative estimate of drug-likeness (QED) is 0.414. The molecule has 1 aliphatic rings. The molecule has 0 radical (unpaired) electrons. The molecule has 0 atom stereocenters. The van der Waals surface area contributed by atoms with Crippen LogP contribution in [-0.2, 0) is 14.3 Å². The summed E-state index contributed by atoms with van der Waals surface area (Å²) in [7, 11) is 1.32. The number of thioether (sulfide) groups is 1. The Hall–Kier alpha value is -2.59. The normalized spacial score (nSPS) is 15.6. The van der Waals surface area contributed by atoms with Crippen molar-refractivity contribution in [2.75, 3.05) is 13.7 Å². The number of rotatable bonds is 6. The van der Waals surface area contributed by atoms with Gasteiger partial charge < -0.3 is 4.74 Å². The van der Waals surface area contributed by atoms with Crippen molar-refractivity contribution < 1.29 is 18.7 Å². The van der Waals surface area contributed by atoms with Gasteiger partial charge in [-0.25, -0.2) is 14.1 Å². The average Bonchev–Trinajstić information content (AvgIpc) is 3.26. The summed E-state index contributed by atoms with van der Waals surface area (Å²) in [5, 5.41) is 3.89. The van der Waals surface area contributed by atoms with E-state index in [0.717, 1.165) is 11.8 Å². The number of thiocarbonyl (C=S) groups is 1. The Morgan fingerprint density at radius 1 is 1.44 bits per heavy atom. The minimum Gasteiger partial charge on any atom is -0.469 e. The van der Waals surface area contributed by atoms with Crippen LogP contribution in [-0.4, -0.2) is 49.5 Å². The summed E-state index contributed by atoms with van der Waals surface area (Å²) < 4.78 is 20.6. The Balaban J connectivity index is 1.72. The first kappa shape index (κ1) is 19.2. The van der Waals surface area contributed by atoms with Crippen LogP contribution in [0.25, 0.3) is 11.8 Å². The van der Waals surface area contributed by atoms with Gasteiger partial charge in [-0.1, -0.05) is 30.0 Å². The molecule has 1 aromatic heterocycles. The van der Waals surface area contributed by atoms with Gasteiger partial charge in [-0.05, 0) is 30.2 Å². The molecule has 0 spiro atoms. The Labute approximate surface area is 164 Å². The predicted molar refractivity (Wildman–Crippen MR) is 102 cm³/mol. The molecule has 3 rings (SSSR count). The Bertz CT molecular complexity index is 915. The van der Waals surface area contributed by atoms with Crippen LogP contribution >= 0.6 is 24.0 Å². The highest BCUT2D eigenvalue weighted by atomic mass is 32.2. The number of carbonyl (C=O) groups is 2. The smallest absolute Gasteiger partial charge is 0.305 e. The molecule has 1 aliphatic heterocycles. The van der Waals surface area contributed by atoms with E-state index in [0.29, 0.717) is 27.8 Å². The van der Waals surface area contributed by atoms with Gasteiger partial charge in [0.2, 0.25) is 0 Å². The maximum atomic E-state index is 14.3. The predicted octanol–water partition coefficient (Wildman–Crippen LogP) is 2.56. The molecule has 0 N–H and O–H groups in total. The van der Waals surface area contributed by atoms with Crippen molar-refractivity contribution >= 4 is 46.3 Å². The highest BCUT2D eigenvalue weighted by molar-refractivity contribution is 8.26. The zero-order valence-electron chi connectivity index (χ0n) is 14.3. The second-order valence-corrected chi connectivity index (χ2v) is 7.24. The van der Waals surface area contributed by atoms with Gasteiger partial charge in [0.1, 0.15) is 28.5 Å². The van der Waals surface area contributed by atoms with Gasteiger partial charge in [-0.2, -0.15) is 5.10 Å². The standard InChI is InChI=1S/C17H15FN4O3S2/c1-25-15(23)3-2-6-21-16(24)14(27-17(21)26)8-11-4-5-13(12(18)7-11)22-10-19-9-20-22/h4-5,7-10H,2-3,6H2,1H3/b14-8-. The number of carbonyl (C=O) groups excluding carboxylic acids is 2. The molecule has 7 nitrogen and oxygen atoms in total. The van der Waals surface area contributed by atoms with E-state index in [4.69, 9.17) is 12.2 Å². The minimum atomic E-state index is -0.484. The first-order chi connectivity index (χ1) is 13.0. The molecule has 0 saturated carbocycles. The second-order valence-electron chi connectivity index (χ2n) is 5.56. The largest absolute Gasteiger partial charge is 0.469 e. The zero-order chi connectivity index (χ0) is 19.4. The van der Waals surface area contributed by atoms with Crippen molar-refractivity contribution in [1.82, 2.24) is 19.7 Å². The molecule has 0 bridgehead atoms. The van der Waals surface area contributed by atoms with Gasteiger partial charge in [-0.15, -0.1) is 0 Å². The van der Waals surface area contributed by atoms with Crippen LogP contribution in [0.1, 0.15) is 18.4 Å². The molecular formula is C17H15FN4O3S2. The van der Waals surface area contributed by atoms with Gasteiger partial charge in [0.25, 0.3) is 5.91 Å². The summed E-state index contributed by atoms with van der Waals surface area (Å²) in [4.78, 5) is 29.3. The number of hydrogen-bond donors (Lipinski definition) is 0. The lowest BCUT2D eigenvalue weighted by atomic mass is 10.1. The molecule has 0 aliphatic carbocycles. The third-order valence-electron chi connectivity index (χ3n) is 3.80. The number of nitrogens with zero attached hydrogens (tertiary/aromatic N) is 4. The fraction of sp³-hybridized carbons (Fsp3) is 0.235. The molecule has 1 fully saturated rings. The van der Waals surface area contributed by atoms with Crippen LogP contribution in [0.2, 0.25) is 0 Å². The van der Waals surface area contributed by atoms with Crippen molar-refractivity contribution in [3.8, 4) is 5.69 Å². The molecule has 27 heavy (non-hydrogen) atoms. The SMILES string of the molecule is COC(=O)CCCN1C(=O)/C(=C/c2ccc(-n3cncn3)c(F)c2)SC1=S. The number of halogens is 1. The fourth-order valence-electron chi connectivity index (χ4n) is 2.46. The zero-order valence-corrected chi connectivity index (χ0v) is 15.9. The lowest BCUT2D eigenvalue weighted by molar-refractivity contribution is -0.141. The number of aromatic nitrogens is 3. The summed E-state index contributed by atoms with van der Waals surface area (Å²) >= 11 is 6.39. The van der Waals surface area contributed by atoms with Crippen molar-refractivity contribution in [1.29, 1.82) is 0 Å². The summed E-state index contributed by atoms with van der Waals surface area (Å²) in [5.41, 5.74) is 0.798. The molecule has 1 amide bonds. The van der Waals surface area contributed by atoms with Crippen LogP contribution in [0.5, 0.6) is 0 Å². The topological polar surface area (TPSA) is 77.3 Å². The number of hydrogen-bond acceptors (Lipinski definition) is 7. The van der Waals surface area contributed by atoms with E-state index in [-0.39, 0.29) is 24.0 Å². The molecular weight excluding hydrogens is 391 g/mol. The van der Waals surface area contributed by atoms with Crippen LogP contribution in [0.3, 0.4) is 0 Å². The molecule has 2 heterocycles. The second kappa shape index (κ2) is 8.40. The van der Waals surface area contributed by atoms with Crippen molar-refractivity contribution in [3.63, 3.8) is 0 Å². The van der Waals surface area contributed by atoms with Crippen LogP contribution in [0, 0.1) is 5.82 Å². The lowest BCUT2D eigenvalue weighted by Crippen LogP contribution is -2.29. The molecule has 1 aromatic carbocycles. The van der Waals surface area contributed by atoms with Gasteiger partial charge >= 0.3 is 5.97 Å².